The number of rotatable bonds is 35. The molecule has 4 N–H and O–H groups in total. The number of carbonyl (C=O) groups excluding carboxylic acids is 2. The van der Waals surface area contributed by atoms with E-state index >= 15 is 0 Å². The van der Waals surface area contributed by atoms with Crippen molar-refractivity contribution < 1.29 is 57.4 Å². The molecule has 1 rings (SSSR count). The summed E-state index contributed by atoms with van der Waals surface area (Å²) in [6.07, 6.45) is 37.6. The fourth-order valence-corrected chi connectivity index (χ4v) is 7.17. The lowest BCUT2D eigenvalue weighted by Crippen LogP contribution is -2.37. The molecule has 0 aromatic heterocycles. The molecule has 0 spiro atoms. The fourth-order valence-electron chi connectivity index (χ4n) is 6.43. The highest BCUT2D eigenvalue weighted by Gasteiger charge is 2.39. The Kier molecular flexibility index (Phi) is 31.8. The number of unbranched alkanes of at least 4 members (excludes halogenated alkanes) is 5. The summed E-state index contributed by atoms with van der Waals surface area (Å²) in [7, 11) is 1.25. The monoisotopic (exact) mass is 879 g/mol. The molecule has 0 heterocycles. The Labute approximate surface area is 368 Å². The second kappa shape index (κ2) is 34.5. The number of nitrogens with zero attached hydrogens (tertiary/aromatic N) is 1. The largest absolute Gasteiger partial charge is 0.472 e. The van der Waals surface area contributed by atoms with Gasteiger partial charge in [0.15, 0.2) is 6.10 Å². The molecule has 13 heteroatoms. The van der Waals surface area contributed by atoms with E-state index < -0.39 is 50.8 Å². The molecule has 1 aliphatic rings. The highest BCUT2D eigenvalue weighted by Crippen LogP contribution is 2.43. The predicted molar refractivity (Wildman–Crippen MR) is 244 cm³/mol. The van der Waals surface area contributed by atoms with Gasteiger partial charge in [0.2, 0.25) is 0 Å². The summed E-state index contributed by atoms with van der Waals surface area (Å²) >= 11 is 0. The Hall–Kier alpha value is -2.93. The minimum absolute atomic E-state index is 0.0362. The molecular weight excluding hydrogens is 797 g/mol. The third-order valence-corrected chi connectivity index (χ3v) is 11.0. The van der Waals surface area contributed by atoms with Crippen LogP contribution in [0.3, 0.4) is 0 Å². The van der Waals surface area contributed by atoms with E-state index in [1.165, 1.54) is 0 Å². The van der Waals surface area contributed by atoms with Crippen molar-refractivity contribution in [1.29, 1.82) is 0 Å². The van der Waals surface area contributed by atoms with Gasteiger partial charge >= 0.3 is 19.8 Å². The van der Waals surface area contributed by atoms with E-state index in [1.54, 1.807) is 24.3 Å². The van der Waals surface area contributed by atoms with Crippen LogP contribution in [0.5, 0.6) is 0 Å². The summed E-state index contributed by atoms with van der Waals surface area (Å²) in [6, 6.07) is 0. The standard InChI is InChI=1S/C48H80NO11P/c1-6-8-10-11-12-13-14-15-16-17-18-19-20-21-22-23-24-25-27-32-47(53)57-39-42(40-59-61(55,56)58-37-36-49(3,4)5)60-48(54)33-29-28-31-43-44(46(52)38-45(43)51)35-34-41(50)30-26-9-7-2/h8,10,12-13,15-16,18-19,21-22,28-29,34-35,41-46,50-52H,6-7,9,11,14,17,20,23-27,30-33,36-40H2,1-5H3/p+1/b10-8-,13-12-,16-15-,19-18-,22-21-,29-28-,35-34+/t41-,42-,43+,44-,45+,46-/m1/s1. The Morgan fingerprint density at radius 2 is 1.39 bits per heavy atom. The van der Waals surface area contributed by atoms with Crippen LogP contribution in [0.2, 0.25) is 0 Å². The summed E-state index contributed by atoms with van der Waals surface area (Å²) in [5.41, 5.74) is 0. The van der Waals surface area contributed by atoms with Crippen molar-refractivity contribution in [2.24, 2.45) is 11.8 Å². The van der Waals surface area contributed by atoms with Crippen molar-refractivity contribution >= 4 is 19.8 Å². The third kappa shape index (κ3) is 31.5. The SMILES string of the molecule is CC/C=C\C/C=C\C/C=C\C/C=C\C/C=C\CCCCCC(=O)OC[C@H](COP(=O)(O)OCC[N+](C)(C)C)OC(=O)C/C=C\C[C@H]1[C@@H](/C=C/[C@H](O)CCCCC)[C@H](O)C[C@@H]1O. The molecule has 0 amide bonds. The smallest absolute Gasteiger partial charge is 0.462 e. The second-order valence-corrected chi connectivity index (χ2v) is 18.1. The lowest BCUT2D eigenvalue weighted by molar-refractivity contribution is -0.870. The molecule has 61 heavy (non-hydrogen) atoms. The molecule has 0 aromatic rings. The van der Waals surface area contributed by atoms with Gasteiger partial charge in [-0.05, 0) is 70.1 Å². The molecule has 1 fully saturated rings. The molecule has 0 aliphatic heterocycles. The molecule has 1 unspecified atom stereocenters. The molecular formula is C48H81NO11P+. The van der Waals surface area contributed by atoms with Crippen molar-refractivity contribution in [3.8, 4) is 0 Å². The van der Waals surface area contributed by atoms with Crippen LogP contribution < -0.4 is 0 Å². The fraction of sp³-hybridized carbons (Fsp3) is 0.667. The first-order valence-electron chi connectivity index (χ1n) is 22.6. The van der Waals surface area contributed by atoms with Gasteiger partial charge in [0.25, 0.3) is 0 Å². The van der Waals surface area contributed by atoms with E-state index in [-0.39, 0.29) is 44.3 Å². The Balaban J connectivity index is 2.56. The number of ether oxygens (including phenoxy) is 2. The third-order valence-electron chi connectivity index (χ3n) is 10.0. The average molecular weight is 879 g/mol. The Bertz CT molecular complexity index is 1430. The van der Waals surface area contributed by atoms with Crippen molar-refractivity contribution in [3.63, 3.8) is 0 Å². The molecule has 0 radical (unpaired) electrons. The van der Waals surface area contributed by atoms with E-state index in [1.807, 2.05) is 21.1 Å². The first-order chi connectivity index (χ1) is 29.2. The average Bonchev–Trinajstić information content (AvgIpc) is 3.47. The number of aliphatic hydroxyl groups excluding tert-OH is 3. The first-order valence-corrected chi connectivity index (χ1v) is 24.1. The van der Waals surface area contributed by atoms with E-state index in [9.17, 15) is 34.4 Å². The van der Waals surface area contributed by atoms with Gasteiger partial charge in [-0.1, -0.05) is 125 Å². The van der Waals surface area contributed by atoms with Crippen LogP contribution in [-0.2, 0) is 32.7 Å². The predicted octanol–water partition coefficient (Wildman–Crippen LogP) is 9.17. The molecule has 7 atom stereocenters. The van der Waals surface area contributed by atoms with Gasteiger partial charge in [0.1, 0.15) is 19.8 Å². The summed E-state index contributed by atoms with van der Waals surface area (Å²) in [5.74, 6) is -1.79. The number of phosphoric acid groups is 1. The van der Waals surface area contributed by atoms with Gasteiger partial charge in [-0.15, -0.1) is 0 Å². The number of esters is 2. The number of aliphatic hydroxyl groups is 3. The van der Waals surface area contributed by atoms with Gasteiger partial charge in [-0.25, -0.2) is 4.57 Å². The molecule has 12 nitrogen and oxygen atoms in total. The molecule has 0 aromatic carbocycles. The van der Waals surface area contributed by atoms with E-state index in [4.69, 9.17) is 18.5 Å². The quantitative estimate of drug-likeness (QED) is 0.0158. The van der Waals surface area contributed by atoms with Crippen molar-refractivity contribution in [2.45, 2.75) is 147 Å². The maximum Gasteiger partial charge on any atom is 0.472 e. The van der Waals surface area contributed by atoms with Crippen molar-refractivity contribution in [2.75, 3.05) is 47.5 Å². The highest BCUT2D eigenvalue weighted by atomic mass is 31.2. The van der Waals surface area contributed by atoms with Gasteiger partial charge in [0, 0.05) is 18.8 Å². The molecule has 0 bridgehead atoms. The van der Waals surface area contributed by atoms with Crippen LogP contribution in [0.15, 0.2) is 85.1 Å². The number of hydrogen-bond donors (Lipinski definition) is 4. The first kappa shape index (κ1) is 56.1. The topological polar surface area (TPSA) is 169 Å². The van der Waals surface area contributed by atoms with E-state index in [0.717, 1.165) is 70.6 Å². The van der Waals surface area contributed by atoms with E-state index in [0.29, 0.717) is 30.3 Å². The lowest BCUT2D eigenvalue weighted by atomic mass is 9.89. The van der Waals surface area contributed by atoms with Crippen LogP contribution in [0.1, 0.15) is 123 Å². The lowest BCUT2D eigenvalue weighted by Gasteiger charge is -2.24. The summed E-state index contributed by atoms with van der Waals surface area (Å²) in [6.45, 7) is 3.75. The maximum atomic E-state index is 12.8. The van der Waals surface area contributed by atoms with Crippen LogP contribution in [0, 0.1) is 11.8 Å². The summed E-state index contributed by atoms with van der Waals surface area (Å²) < 4.78 is 34.2. The van der Waals surface area contributed by atoms with Crippen molar-refractivity contribution in [3.05, 3.63) is 85.1 Å². The van der Waals surface area contributed by atoms with Crippen LogP contribution >= 0.6 is 7.82 Å². The minimum atomic E-state index is -4.48. The molecule has 1 saturated carbocycles. The zero-order valence-corrected chi connectivity index (χ0v) is 38.8. The van der Waals surface area contributed by atoms with E-state index in [2.05, 4.69) is 74.6 Å². The highest BCUT2D eigenvalue weighted by molar-refractivity contribution is 7.47. The molecule has 0 saturated heterocycles. The second-order valence-electron chi connectivity index (χ2n) is 16.7. The number of likely N-dealkylation sites (N-methyl/N-ethyl adjacent to an activating group) is 1. The number of carbonyl (C=O) groups is 2. The number of allylic oxidation sites excluding steroid dienone is 11. The normalized spacial score (nSPS) is 21.0. The van der Waals surface area contributed by atoms with Gasteiger partial charge in [0.05, 0.1) is 52.5 Å². The molecule has 348 valence electrons. The summed E-state index contributed by atoms with van der Waals surface area (Å²) in [4.78, 5) is 35.7. The Morgan fingerprint density at radius 3 is 2.02 bits per heavy atom. The van der Waals surface area contributed by atoms with Crippen LogP contribution in [-0.4, -0.2) is 109 Å². The zero-order valence-electron chi connectivity index (χ0n) is 37.9. The van der Waals surface area contributed by atoms with Crippen molar-refractivity contribution in [1.82, 2.24) is 0 Å². The minimum Gasteiger partial charge on any atom is -0.462 e. The van der Waals surface area contributed by atoms with Crippen LogP contribution in [0.4, 0.5) is 0 Å². The van der Waals surface area contributed by atoms with Gasteiger partial charge in [-0.3, -0.25) is 18.6 Å². The molecule has 1 aliphatic carbocycles. The number of phosphoric ester groups is 1. The maximum absolute atomic E-state index is 12.8. The van der Waals surface area contributed by atoms with Gasteiger partial charge < -0.3 is 34.2 Å². The zero-order chi connectivity index (χ0) is 45.2. The number of quaternary nitrogens is 1. The number of hydrogen-bond acceptors (Lipinski definition) is 10. The summed E-state index contributed by atoms with van der Waals surface area (Å²) in [5, 5.41) is 31.5. The van der Waals surface area contributed by atoms with Gasteiger partial charge in [-0.2, -0.15) is 0 Å². The Morgan fingerprint density at radius 1 is 0.754 bits per heavy atom. The van der Waals surface area contributed by atoms with Crippen LogP contribution in [0.25, 0.3) is 0 Å².